The van der Waals surface area contributed by atoms with Crippen molar-refractivity contribution in [2.75, 3.05) is 31.1 Å². The summed E-state index contributed by atoms with van der Waals surface area (Å²) in [5, 5.41) is 17.2. The molecule has 0 saturated carbocycles. The quantitative estimate of drug-likeness (QED) is 0.671. The highest BCUT2D eigenvalue weighted by atomic mass is 35.5. The molecule has 0 amide bonds. The summed E-state index contributed by atoms with van der Waals surface area (Å²) in [7, 11) is 0. The molecule has 0 spiro atoms. The van der Waals surface area contributed by atoms with Crippen LogP contribution in [0.15, 0.2) is 29.6 Å². The second-order valence-electron chi connectivity index (χ2n) is 4.53. The summed E-state index contributed by atoms with van der Waals surface area (Å²) in [5.41, 5.74) is 1.36. The van der Waals surface area contributed by atoms with Gasteiger partial charge in [-0.3, -0.25) is 10.1 Å². The summed E-state index contributed by atoms with van der Waals surface area (Å²) in [6.07, 6.45) is 0. The SMILES string of the molecule is Cl.Cl.O=[N+]([O-])c1ccccc1-c1csc(N2CCNCC2)n1. The van der Waals surface area contributed by atoms with Crippen LogP contribution in [0.5, 0.6) is 0 Å². The molecule has 22 heavy (non-hydrogen) atoms. The lowest BCUT2D eigenvalue weighted by Crippen LogP contribution is -2.43. The molecule has 9 heteroatoms. The van der Waals surface area contributed by atoms with E-state index < -0.39 is 0 Å². The second-order valence-corrected chi connectivity index (χ2v) is 5.36. The Kier molecular flexibility index (Phi) is 7.02. The van der Waals surface area contributed by atoms with Gasteiger partial charge in [0.05, 0.1) is 16.2 Å². The zero-order valence-electron chi connectivity index (χ0n) is 11.6. The van der Waals surface area contributed by atoms with E-state index in [2.05, 4.69) is 15.2 Å². The van der Waals surface area contributed by atoms with E-state index >= 15 is 0 Å². The Hall–Kier alpha value is -1.41. The van der Waals surface area contributed by atoms with E-state index in [0.717, 1.165) is 31.3 Å². The van der Waals surface area contributed by atoms with Crippen LogP contribution in [0.2, 0.25) is 0 Å². The lowest BCUT2D eigenvalue weighted by atomic mass is 10.1. The van der Waals surface area contributed by atoms with Gasteiger partial charge in [0.1, 0.15) is 0 Å². The number of nitrogens with zero attached hydrogens (tertiary/aromatic N) is 3. The summed E-state index contributed by atoms with van der Waals surface area (Å²) >= 11 is 1.54. The van der Waals surface area contributed by atoms with Crippen LogP contribution in [0, 0.1) is 10.1 Å². The topological polar surface area (TPSA) is 71.3 Å². The zero-order chi connectivity index (χ0) is 13.9. The van der Waals surface area contributed by atoms with Crippen LogP contribution in [0.4, 0.5) is 10.8 Å². The molecule has 6 nitrogen and oxygen atoms in total. The first-order chi connectivity index (χ1) is 9.75. The number of anilines is 1. The number of para-hydroxylation sites is 1. The molecule has 0 radical (unpaired) electrons. The van der Waals surface area contributed by atoms with Crippen molar-refractivity contribution in [2.45, 2.75) is 0 Å². The van der Waals surface area contributed by atoms with Crippen molar-refractivity contribution in [1.82, 2.24) is 10.3 Å². The van der Waals surface area contributed by atoms with Crippen LogP contribution in [0.1, 0.15) is 0 Å². The number of nitrogens with one attached hydrogen (secondary N) is 1. The normalized spacial score (nSPS) is 13.9. The molecule has 1 aromatic carbocycles. The molecule has 1 saturated heterocycles. The molecule has 0 aliphatic carbocycles. The smallest absolute Gasteiger partial charge is 0.278 e. The van der Waals surface area contributed by atoms with Gasteiger partial charge >= 0.3 is 0 Å². The molecule has 120 valence electrons. The molecule has 1 aliphatic rings. The lowest BCUT2D eigenvalue weighted by Gasteiger charge is -2.26. The third-order valence-electron chi connectivity index (χ3n) is 3.26. The number of nitro benzene ring substituents is 1. The third kappa shape index (κ3) is 3.86. The van der Waals surface area contributed by atoms with Crippen LogP contribution >= 0.6 is 36.2 Å². The molecule has 2 heterocycles. The summed E-state index contributed by atoms with van der Waals surface area (Å²) in [5.74, 6) is 0. The molecule has 0 unspecified atom stereocenters. The number of thiazole rings is 1. The first-order valence-electron chi connectivity index (χ1n) is 6.40. The summed E-state index contributed by atoms with van der Waals surface area (Å²) < 4.78 is 0. The van der Waals surface area contributed by atoms with E-state index in [4.69, 9.17) is 0 Å². The maximum absolute atomic E-state index is 11.1. The molecule has 0 bridgehead atoms. The Balaban J connectivity index is 0.00000121. The van der Waals surface area contributed by atoms with Crippen molar-refractivity contribution in [3.05, 3.63) is 39.8 Å². The molecule has 3 rings (SSSR count). The largest absolute Gasteiger partial charge is 0.346 e. The van der Waals surface area contributed by atoms with Gasteiger partial charge in [-0.05, 0) is 6.07 Å². The number of rotatable bonds is 3. The van der Waals surface area contributed by atoms with Crippen molar-refractivity contribution in [3.8, 4) is 11.3 Å². The van der Waals surface area contributed by atoms with E-state index in [1.807, 2.05) is 5.38 Å². The van der Waals surface area contributed by atoms with Crippen molar-refractivity contribution in [2.24, 2.45) is 0 Å². The van der Waals surface area contributed by atoms with Crippen molar-refractivity contribution in [3.63, 3.8) is 0 Å². The molecule has 1 aromatic heterocycles. The van der Waals surface area contributed by atoms with E-state index in [-0.39, 0.29) is 35.4 Å². The minimum absolute atomic E-state index is 0. The minimum Gasteiger partial charge on any atom is -0.346 e. The summed E-state index contributed by atoms with van der Waals surface area (Å²) in [6, 6.07) is 6.73. The van der Waals surface area contributed by atoms with Crippen LogP contribution in [-0.4, -0.2) is 36.1 Å². The molecule has 1 aliphatic heterocycles. The van der Waals surface area contributed by atoms with Gasteiger partial charge < -0.3 is 10.2 Å². The predicted molar refractivity (Wildman–Crippen MR) is 93.8 cm³/mol. The fourth-order valence-electron chi connectivity index (χ4n) is 2.24. The average Bonchev–Trinajstić information content (AvgIpc) is 2.98. The standard InChI is InChI=1S/C13H14N4O2S.2ClH/c18-17(19)12-4-2-1-3-10(12)11-9-20-13(15-11)16-7-5-14-6-8-16;;/h1-4,9,14H,5-8H2;2*1H. The Morgan fingerprint density at radius 1 is 1.23 bits per heavy atom. The maximum Gasteiger partial charge on any atom is 0.278 e. The van der Waals surface area contributed by atoms with Crippen molar-refractivity contribution in [1.29, 1.82) is 0 Å². The third-order valence-corrected chi connectivity index (χ3v) is 4.16. The average molecular weight is 363 g/mol. The van der Waals surface area contributed by atoms with E-state index in [1.54, 1.807) is 18.2 Å². The van der Waals surface area contributed by atoms with Crippen LogP contribution < -0.4 is 10.2 Å². The summed E-state index contributed by atoms with van der Waals surface area (Å²) in [6.45, 7) is 3.73. The van der Waals surface area contributed by atoms with Crippen molar-refractivity contribution < 1.29 is 4.92 Å². The highest BCUT2D eigenvalue weighted by Gasteiger charge is 2.19. The van der Waals surface area contributed by atoms with Gasteiger partial charge in [0, 0.05) is 37.6 Å². The molecular formula is C13H16Cl2N4O2S. The van der Waals surface area contributed by atoms with Gasteiger partial charge in [0.25, 0.3) is 5.69 Å². The Bertz CT molecular complexity index is 632. The van der Waals surface area contributed by atoms with Gasteiger partial charge in [-0.15, -0.1) is 36.2 Å². The van der Waals surface area contributed by atoms with E-state index in [0.29, 0.717) is 11.3 Å². The van der Waals surface area contributed by atoms with Crippen LogP contribution in [0.25, 0.3) is 11.3 Å². The number of hydrogen-bond donors (Lipinski definition) is 1. The van der Waals surface area contributed by atoms with Crippen LogP contribution in [-0.2, 0) is 0 Å². The fraction of sp³-hybridized carbons (Fsp3) is 0.308. The monoisotopic (exact) mass is 362 g/mol. The molecular weight excluding hydrogens is 347 g/mol. The Morgan fingerprint density at radius 3 is 2.59 bits per heavy atom. The van der Waals surface area contributed by atoms with Gasteiger partial charge in [-0.25, -0.2) is 4.98 Å². The molecule has 2 aromatic rings. The Morgan fingerprint density at radius 2 is 1.91 bits per heavy atom. The highest BCUT2D eigenvalue weighted by Crippen LogP contribution is 2.33. The Labute approximate surface area is 144 Å². The number of hydrogen-bond acceptors (Lipinski definition) is 6. The number of aromatic nitrogens is 1. The number of benzene rings is 1. The van der Waals surface area contributed by atoms with Gasteiger partial charge in [0.15, 0.2) is 5.13 Å². The predicted octanol–water partition coefficient (Wildman–Crippen LogP) is 2.97. The highest BCUT2D eigenvalue weighted by molar-refractivity contribution is 7.14. The zero-order valence-corrected chi connectivity index (χ0v) is 14.0. The van der Waals surface area contributed by atoms with Crippen molar-refractivity contribution >= 4 is 47.0 Å². The van der Waals surface area contributed by atoms with Gasteiger partial charge in [0.2, 0.25) is 0 Å². The molecule has 1 N–H and O–H groups in total. The van der Waals surface area contributed by atoms with Crippen LogP contribution in [0.3, 0.4) is 0 Å². The molecule has 0 atom stereocenters. The minimum atomic E-state index is -0.362. The van der Waals surface area contributed by atoms with Gasteiger partial charge in [-0.2, -0.15) is 0 Å². The maximum atomic E-state index is 11.1. The number of piperazine rings is 1. The summed E-state index contributed by atoms with van der Waals surface area (Å²) in [4.78, 5) is 17.5. The number of halogens is 2. The van der Waals surface area contributed by atoms with Gasteiger partial charge in [-0.1, -0.05) is 12.1 Å². The van der Waals surface area contributed by atoms with E-state index in [9.17, 15) is 10.1 Å². The number of nitro groups is 1. The first-order valence-corrected chi connectivity index (χ1v) is 7.28. The lowest BCUT2D eigenvalue weighted by molar-refractivity contribution is -0.384. The van der Waals surface area contributed by atoms with E-state index in [1.165, 1.54) is 17.4 Å². The second kappa shape index (κ2) is 8.28. The molecule has 1 fully saturated rings. The fourth-order valence-corrected chi connectivity index (χ4v) is 3.12. The first kappa shape index (κ1) is 18.6.